The number of carbonyl (C=O) groups excluding carboxylic acids is 1. The van der Waals surface area contributed by atoms with Crippen LogP contribution in [0.5, 0.6) is 5.75 Å². The van der Waals surface area contributed by atoms with E-state index in [1.807, 2.05) is 0 Å². The van der Waals surface area contributed by atoms with Gasteiger partial charge in [0, 0.05) is 11.3 Å². The van der Waals surface area contributed by atoms with Crippen LogP contribution in [0.15, 0.2) is 40.1 Å². The number of carbonyl (C=O) groups is 1. The zero-order valence-corrected chi connectivity index (χ0v) is 24.0. The molecule has 38 heavy (non-hydrogen) atoms. The van der Waals surface area contributed by atoms with Gasteiger partial charge in [-0.2, -0.15) is 8.42 Å². The lowest BCUT2D eigenvalue weighted by atomic mass is 10.0. The average molecular weight is 571 g/mol. The van der Waals surface area contributed by atoms with E-state index in [2.05, 4.69) is 16.3 Å². The monoisotopic (exact) mass is 570 g/mol. The first kappa shape index (κ1) is 32.5. The van der Waals surface area contributed by atoms with Crippen molar-refractivity contribution in [2.75, 3.05) is 0 Å². The van der Waals surface area contributed by atoms with Gasteiger partial charge in [0.25, 0.3) is 10.1 Å². The topological polar surface area (TPSA) is 119 Å². The lowest BCUT2D eigenvalue weighted by molar-refractivity contribution is -0.432. The molecule has 0 bridgehead atoms. The van der Waals surface area contributed by atoms with Gasteiger partial charge in [0.2, 0.25) is 0 Å². The Hall–Kier alpha value is -1.69. The van der Waals surface area contributed by atoms with E-state index < -0.39 is 21.0 Å². The Morgan fingerprint density at radius 2 is 1.34 bits per heavy atom. The molecule has 0 saturated carbocycles. The number of ether oxygens (including phenoxy) is 1. The van der Waals surface area contributed by atoms with Gasteiger partial charge in [-0.25, -0.2) is 5.26 Å². The van der Waals surface area contributed by atoms with Crippen LogP contribution in [0.1, 0.15) is 110 Å². The third kappa shape index (κ3) is 12.9. The van der Waals surface area contributed by atoms with Crippen LogP contribution in [0.4, 0.5) is 0 Å². The minimum Gasteiger partial charge on any atom is -0.425 e. The van der Waals surface area contributed by atoms with Gasteiger partial charge < -0.3 is 4.74 Å². The fraction of sp³-hybridized carbons (Fsp3) is 0.607. The fourth-order valence-corrected chi connectivity index (χ4v) is 5.47. The molecule has 214 valence electrons. The molecule has 0 fully saturated rings. The van der Waals surface area contributed by atoms with Gasteiger partial charge in [-0.15, -0.1) is 4.33 Å². The summed E-state index contributed by atoms with van der Waals surface area (Å²) in [5, 5.41) is 12.9. The normalized spacial score (nSPS) is 11.8. The van der Waals surface area contributed by atoms with Gasteiger partial charge in [-0.3, -0.25) is 9.35 Å². The molecule has 0 aliphatic rings. The number of unbranched alkanes of at least 4 members (excludes halogenated alkanes) is 14. The second-order valence-electron chi connectivity index (χ2n) is 9.68. The number of rotatable bonds is 21. The first-order valence-electron chi connectivity index (χ1n) is 13.8. The van der Waals surface area contributed by atoms with Crippen LogP contribution in [-0.4, -0.2) is 24.2 Å². The summed E-state index contributed by atoms with van der Waals surface area (Å²) < 4.78 is 43.2. The molecule has 2 rings (SSSR count). The highest BCUT2D eigenvalue weighted by atomic mass is 32.2. The molecule has 2 aromatic rings. The van der Waals surface area contributed by atoms with Crippen LogP contribution in [0.3, 0.4) is 0 Å². The molecule has 0 saturated heterocycles. The molecule has 2 N–H and O–H groups in total. The minimum atomic E-state index is -4.63. The largest absolute Gasteiger partial charge is 0.425 e. The lowest BCUT2D eigenvalue weighted by Crippen LogP contribution is -2.11. The van der Waals surface area contributed by atoms with Gasteiger partial charge >= 0.3 is 5.97 Å². The Kier molecular flexibility index (Phi) is 15.9. The number of hydrogen-bond acceptors (Lipinski definition) is 8. The maximum Gasteiger partial charge on any atom is 0.311 e. The molecule has 0 aliphatic carbocycles. The fourth-order valence-electron chi connectivity index (χ4n) is 4.44. The van der Waals surface area contributed by atoms with E-state index in [0.29, 0.717) is 22.1 Å². The van der Waals surface area contributed by atoms with E-state index in [1.165, 1.54) is 82.8 Å². The van der Waals surface area contributed by atoms with Gasteiger partial charge in [-0.1, -0.05) is 108 Å². The zero-order valence-electron chi connectivity index (χ0n) is 22.4. The Morgan fingerprint density at radius 3 is 1.87 bits per heavy atom. The van der Waals surface area contributed by atoms with Crippen molar-refractivity contribution < 1.29 is 37.1 Å². The minimum absolute atomic E-state index is 0.176. The molecular weight excluding hydrogens is 528 g/mol. The molecule has 0 amide bonds. The SMILES string of the molecule is CCCCCCCCCCCCCCCCCC(=O)Oc1cc2ccc(SOOO)cc2cc1S(=O)(=O)O. The van der Waals surface area contributed by atoms with E-state index in [0.717, 1.165) is 31.3 Å². The number of benzene rings is 2. The molecule has 0 aliphatic heterocycles. The summed E-state index contributed by atoms with van der Waals surface area (Å²) >= 11 is 0.717. The second kappa shape index (κ2) is 18.6. The van der Waals surface area contributed by atoms with Crippen molar-refractivity contribution in [3.05, 3.63) is 30.3 Å². The van der Waals surface area contributed by atoms with Crippen molar-refractivity contribution in [3.63, 3.8) is 0 Å². The molecule has 8 nitrogen and oxygen atoms in total. The quantitative estimate of drug-likeness (QED) is 0.0289. The van der Waals surface area contributed by atoms with Crippen molar-refractivity contribution in [1.82, 2.24) is 0 Å². The van der Waals surface area contributed by atoms with Crippen LogP contribution >= 0.6 is 12.0 Å². The molecule has 0 atom stereocenters. The van der Waals surface area contributed by atoms with E-state index in [4.69, 9.17) is 9.99 Å². The number of esters is 1. The van der Waals surface area contributed by atoms with Crippen LogP contribution in [-0.2, 0) is 24.3 Å². The standard InChI is InChI=1S/C28H42O8S2/c1-2-3-4-5-6-7-8-9-10-11-12-13-14-15-16-17-28(29)34-26-21-23-18-19-25(37-36-35-30)20-24(23)22-27(26)38(31,32)33/h18-22,30H,2-17H2,1H3,(H,31,32,33). The predicted octanol–water partition coefficient (Wildman–Crippen LogP) is 8.68. The van der Waals surface area contributed by atoms with Crippen molar-refractivity contribution in [2.45, 2.75) is 119 Å². The summed E-state index contributed by atoms with van der Waals surface area (Å²) in [6.45, 7) is 2.25. The molecule has 2 aromatic carbocycles. The molecule has 0 spiro atoms. The van der Waals surface area contributed by atoms with Crippen molar-refractivity contribution in [3.8, 4) is 5.75 Å². The van der Waals surface area contributed by atoms with Crippen molar-refractivity contribution >= 4 is 38.9 Å². The predicted molar refractivity (Wildman–Crippen MR) is 150 cm³/mol. The van der Waals surface area contributed by atoms with Crippen LogP contribution in [0, 0.1) is 0 Å². The molecule has 0 heterocycles. The lowest BCUT2D eigenvalue weighted by Gasteiger charge is -2.11. The average Bonchev–Trinajstić information content (AvgIpc) is 2.88. The second-order valence-corrected chi connectivity index (χ2v) is 11.8. The summed E-state index contributed by atoms with van der Waals surface area (Å²) in [6, 6.07) is 7.53. The third-order valence-corrected chi connectivity index (χ3v) is 7.97. The van der Waals surface area contributed by atoms with Gasteiger partial charge in [0.1, 0.15) is 4.90 Å². The summed E-state index contributed by atoms with van der Waals surface area (Å²) in [5.41, 5.74) is 0. The third-order valence-electron chi connectivity index (χ3n) is 6.52. The van der Waals surface area contributed by atoms with Crippen LogP contribution in [0.25, 0.3) is 10.8 Å². The summed E-state index contributed by atoms with van der Waals surface area (Å²) in [4.78, 5) is 12.4. The summed E-state index contributed by atoms with van der Waals surface area (Å²) in [5.74, 6) is -0.745. The van der Waals surface area contributed by atoms with Crippen molar-refractivity contribution in [2.24, 2.45) is 0 Å². The van der Waals surface area contributed by atoms with Gasteiger partial charge in [-0.05, 0) is 41.5 Å². The van der Waals surface area contributed by atoms with E-state index in [1.54, 1.807) is 18.2 Å². The molecule has 10 heteroatoms. The van der Waals surface area contributed by atoms with Crippen LogP contribution in [0.2, 0.25) is 0 Å². The zero-order chi connectivity index (χ0) is 27.6. The van der Waals surface area contributed by atoms with E-state index in [-0.39, 0.29) is 12.2 Å². The Labute approximate surface area is 231 Å². The molecule has 0 aromatic heterocycles. The summed E-state index contributed by atoms with van der Waals surface area (Å²) in [7, 11) is -4.63. The van der Waals surface area contributed by atoms with Crippen LogP contribution < -0.4 is 4.74 Å². The maximum atomic E-state index is 12.4. The van der Waals surface area contributed by atoms with Gasteiger partial charge in [0.05, 0.1) is 12.0 Å². The molecule has 0 radical (unpaired) electrons. The van der Waals surface area contributed by atoms with E-state index in [9.17, 15) is 17.8 Å². The Bertz CT molecular complexity index is 1070. The first-order valence-corrected chi connectivity index (χ1v) is 15.9. The highest BCUT2D eigenvalue weighted by molar-refractivity contribution is 7.94. The van der Waals surface area contributed by atoms with E-state index >= 15 is 0 Å². The highest BCUT2D eigenvalue weighted by Gasteiger charge is 2.20. The number of hydrogen-bond donors (Lipinski definition) is 2. The Morgan fingerprint density at radius 1 is 0.789 bits per heavy atom. The Balaban J connectivity index is 1.68. The highest BCUT2D eigenvalue weighted by Crippen LogP contribution is 2.32. The first-order chi connectivity index (χ1) is 18.3. The molecule has 0 unspecified atom stereocenters. The van der Waals surface area contributed by atoms with Gasteiger partial charge in [0.15, 0.2) is 5.75 Å². The smallest absolute Gasteiger partial charge is 0.311 e. The van der Waals surface area contributed by atoms with Crippen molar-refractivity contribution in [1.29, 1.82) is 0 Å². The maximum absolute atomic E-state index is 12.4. The molecular formula is C28H42O8S2. The number of fused-ring (bicyclic) bond motifs is 1. The summed E-state index contributed by atoms with van der Waals surface area (Å²) in [6.07, 6.45) is 18.6.